The number of aliphatic hydroxyl groups excluding tert-OH is 2. The zero-order valence-corrected chi connectivity index (χ0v) is 15.0. The van der Waals surface area contributed by atoms with Crippen molar-refractivity contribution in [3.63, 3.8) is 0 Å². The molecule has 1 aliphatic heterocycles. The molecule has 2 aromatic heterocycles. The van der Waals surface area contributed by atoms with Crippen molar-refractivity contribution >= 4 is 11.7 Å². The maximum absolute atomic E-state index is 11.8. The number of nitrogens with zero attached hydrogens (tertiary/aromatic N) is 4. The molecule has 0 radical (unpaired) electrons. The van der Waals surface area contributed by atoms with Crippen molar-refractivity contribution in [1.29, 1.82) is 0 Å². The second-order valence-corrected chi connectivity index (χ2v) is 5.92. The Balaban J connectivity index is 0.000000234. The number of carbonyl (C=O) groups is 1. The molecule has 2 aromatic rings. The maximum atomic E-state index is 11.8. The summed E-state index contributed by atoms with van der Waals surface area (Å²) in [5.74, 6) is -0.578. The molecular weight excluding hydrogens is 397 g/mol. The lowest BCUT2D eigenvalue weighted by Crippen LogP contribution is -2.49. The first kappa shape index (κ1) is 22.4. The molecule has 29 heavy (non-hydrogen) atoms. The second-order valence-electron chi connectivity index (χ2n) is 5.92. The normalized spacial score (nSPS) is 21.6. The number of carbonyl (C=O) groups excluding carboxylic acids is 1. The van der Waals surface area contributed by atoms with Gasteiger partial charge >= 0.3 is 6.18 Å². The number of nitrogens with one attached hydrogen (secondary N) is 1. The first-order valence-electron chi connectivity index (χ1n) is 8.34. The van der Waals surface area contributed by atoms with Crippen molar-refractivity contribution in [2.75, 3.05) is 18.9 Å². The summed E-state index contributed by atoms with van der Waals surface area (Å²) in [5, 5.41) is 21.7. The molecule has 0 saturated carbocycles. The minimum absolute atomic E-state index is 0.131. The Morgan fingerprint density at radius 1 is 1.21 bits per heavy atom. The van der Waals surface area contributed by atoms with Crippen molar-refractivity contribution in [3.8, 4) is 0 Å². The Labute approximate surface area is 163 Å². The van der Waals surface area contributed by atoms with E-state index < -0.39 is 30.2 Å². The van der Waals surface area contributed by atoms with Crippen LogP contribution in [0.4, 0.5) is 19.0 Å². The highest BCUT2D eigenvalue weighted by molar-refractivity contribution is 5.93. The number of hydrogen-bond acceptors (Lipinski definition) is 9. The number of anilines is 1. The Morgan fingerprint density at radius 2 is 1.90 bits per heavy atom. The molecule has 158 valence electrons. The number of hydrogen-bond donors (Lipinski definition) is 4. The topological polar surface area (TPSA) is 156 Å². The summed E-state index contributed by atoms with van der Waals surface area (Å²) in [5.41, 5.74) is 4.25. The Kier molecular flexibility index (Phi) is 7.75. The molecular formula is C16H19F3N6O4. The number of rotatable bonds is 3. The Hall–Kier alpha value is -2.90. The van der Waals surface area contributed by atoms with E-state index >= 15 is 0 Å². The fraction of sp³-hybridized carbons (Fsp3) is 0.438. The van der Waals surface area contributed by atoms with Gasteiger partial charge in [-0.15, -0.1) is 0 Å². The van der Waals surface area contributed by atoms with Crippen molar-refractivity contribution in [2.24, 2.45) is 0 Å². The fourth-order valence-corrected chi connectivity index (χ4v) is 2.27. The van der Waals surface area contributed by atoms with Gasteiger partial charge in [-0.25, -0.2) is 15.0 Å². The zero-order chi connectivity index (χ0) is 21.4. The number of halogens is 3. The van der Waals surface area contributed by atoms with Crippen molar-refractivity contribution in [2.45, 2.75) is 30.9 Å². The fourth-order valence-electron chi connectivity index (χ4n) is 2.27. The summed E-state index contributed by atoms with van der Waals surface area (Å²) >= 11 is 0. The number of alkyl halides is 3. The molecule has 3 unspecified atom stereocenters. The molecule has 10 nitrogen and oxygen atoms in total. The average molecular weight is 416 g/mol. The molecule has 1 saturated heterocycles. The van der Waals surface area contributed by atoms with Gasteiger partial charge in [-0.05, 0) is 6.42 Å². The predicted molar refractivity (Wildman–Crippen MR) is 92.2 cm³/mol. The van der Waals surface area contributed by atoms with Gasteiger partial charge in [0.15, 0.2) is 5.69 Å². The predicted octanol–water partition coefficient (Wildman–Crippen LogP) is -0.205. The number of ether oxygens (including phenoxy) is 1. The highest BCUT2D eigenvalue weighted by Crippen LogP contribution is 2.26. The summed E-state index contributed by atoms with van der Waals surface area (Å²) in [6, 6.07) is 0. The molecule has 1 fully saturated rings. The van der Waals surface area contributed by atoms with E-state index in [4.69, 9.17) is 10.5 Å². The quantitative estimate of drug-likeness (QED) is 0.532. The van der Waals surface area contributed by atoms with E-state index in [0.29, 0.717) is 24.8 Å². The zero-order valence-electron chi connectivity index (χ0n) is 15.0. The SMILES string of the molecule is Nc1cncc(C(F)(F)F)n1.O=C(NCC1OCCC(O)C1O)c1cncnc1. The lowest BCUT2D eigenvalue weighted by Gasteiger charge is -2.31. The number of amides is 1. The molecule has 0 aromatic carbocycles. The molecule has 0 aliphatic carbocycles. The number of aromatic nitrogens is 4. The number of nitrogen functional groups attached to an aromatic ring is 1. The molecule has 3 rings (SSSR count). The van der Waals surface area contributed by atoms with Crippen molar-refractivity contribution < 1.29 is 32.9 Å². The lowest BCUT2D eigenvalue weighted by atomic mass is 10.0. The minimum atomic E-state index is -4.47. The molecule has 1 amide bonds. The minimum Gasteiger partial charge on any atom is -0.390 e. The van der Waals surface area contributed by atoms with Crippen LogP contribution in [-0.2, 0) is 10.9 Å². The second kappa shape index (κ2) is 10.0. The summed E-state index contributed by atoms with van der Waals surface area (Å²) < 4.78 is 40.7. The van der Waals surface area contributed by atoms with Crippen LogP contribution in [0.3, 0.4) is 0 Å². The van der Waals surface area contributed by atoms with Crippen LogP contribution in [-0.4, -0.2) is 67.5 Å². The number of nitrogens with two attached hydrogens (primary N) is 1. The number of aliphatic hydroxyl groups is 2. The van der Waals surface area contributed by atoms with Crippen LogP contribution in [0.5, 0.6) is 0 Å². The van der Waals surface area contributed by atoms with Crippen LogP contribution in [0, 0.1) is 0 Å². The van der Waals surface area contributed by atoms with Crippen LogP contribution in [0.2, 0.25) is 0 Å². The standard InChI is InChI=1S/C11H15N3O4.C5H4F3N3/c15-8-1-2-18-9(10(8)16)5-14-11(17)7-3-12-6-13-4-7;6-5(7,8)3-1-10-2-4(9)11-3/h3-4,6,8-10,15-16H,1-2,5H2,(H,14,17);1-2H,(H2,9,11). The van der Waals surface area contributed by atoms with Gasteiger partial charge in [-0.2, -0.15) is 13.2 Å². The van der Waals surface area contributed by atoms with E-state index in [0.717, 1.165) is 6.20 Å². The van der Waals surface area contributed by atoms with Gasteiger partial charge in [0.2, 0.25) is 0 Å². The molecule has 0 spiro atoms. The smallest absolute Gasteiger partial charge is 0.390 e. The summed E-state index contributed by atoms with van der Waals surface area (Å²) in [4.78, 5) is 25.4. The summed E-state index contributed by atoms with van der Waals surface area (Å²) in [7, 11) is 0. The van der Waals surface area contributed by atoms with E-state index in [2.05, 4.69) is 25.3 Å². The van der Waals surface area contributed by atoms with E-state index in [1.165, 1.54) is 18.7 Å². The lowest BCUT2D eigenvalue weighted by molar-refractivity contribution is -0.141. The van der Waals surface area contributed by atoms with Crippen LogP contribution < -0.4 is 11.1 Å². The van der Waals surface area contributed by atoms with Gasteiger partial charge in [0, 0.05) is 25.5 Å². The highest BCUT2D eigenvalue weighted by atomic mass is 19.4. The van der Waals surface area contributed by atoms with E-state index in [1.807, 2.05) is 0 Å². The van der Waals surface area contributed by atoms with Gasteiger partial charge in [-0.1, -0.05) is 0 Å². The van der Waals surface area contributed by atoms with Crippen LogP contribution in [0.25, 0.3) is 0 Å². The first-order chi connectivity index (χ1) is 13.7. The Bertz CT molecular complexity index is 796. The molecule has 3 atom stereocenters. The van der Waals surface area contributed by atoms with Crippen molar-refractivity contribution in [3.05, 3.63) is 42.4 Å². The van der Waals surface area contributed by atoms with E-state index in [9.17, 15) is 28.2 Å². The summed E-state index contributed by atoms with van der Waals surface area (Å²) in [6.45, 7) is 0.499. The van der Waals surface area contributed by atoms with Crippen LogP contribution >= 0.6 is 0 Å². The van der Waals surface area contributed by atoms with Gasteiger partial charge in [0.1, 0.15) is 24.4 Å². The van der Waals surface area contributed by atoms with E-state index in [1.54, 1.807) is 0 Å². The molecule has 13 heteroatoms. The average Bonchev–Trinajstić information content (AvgIpc) is 2.69. The van der Waals surface area contributed by atoms with Gasteiger partial charge in [0.05, 0.1) is 24.1 Å². The third kappa shape index (κ3) is 6.89. The Morgan fingerprint density at radius 3 is 2.48 bits per heavy atom. The van der Waals surface area contributed by atoms with E-state index in [-0.39, 0.29) is 18.3 Å². The van der Waals surface area contributed by atoms with Gasteiger partial charge in [0.25, 0.3) is 5.91 Å². The van der Waals surface area contributed by atoms with Crippen molar-refractivity contribution in [1.82, 2.24) is 25.3 Å². The monoisotopic (exact) mass is 416 g/mol. The van der Waals surface area contributed by atoms with Gasteiger partial charge < -0.3 is 26.0 Å². The molecule has 0 bridgehead atoms. The van der Waals surface area contributed by atoms with Gasteiger partial charge in [-0.3, -0.25) is 9.78 Å². The first-order valence-corrected chi connectivity index (χ1v) is 8.34. The van der Waals surface area contributed by atoms with Crippen LogP contribution in [0.1, 0.15) is 22.5 Å². The molecule has 1 aliphatic rings. The maximum Gasteiger partial charge on any atom is 0.434 e. The molecule has 3 heterocycles. The highest BCUT2D eigenvalue weighted by Gasteiger charge is 2.33. The van der Waals surface area contributed by atoms with Crippen LogP contribution in [0.15, 0.2) is 31.1 Å². The molecule has 5 N–H and O–H groups in total. The largest absolute Gasteiger partial charge is 0.434 e. The third-order valence-corrected chi connectivity index (χ3v) is 3.75. The third-order valence-electron chi connectivity index (χ3n) is 3.75. The summed E-state index contributed by atoms with van der Waals surface area (Å²) in [6.07, 6.45) is -0.646.